The van der Waals surface area contributed by atoms with Crippen LogP contribution in [0.2, 0.25) is 0 Å². The van der Waals surface area contributed by atoms with E-state index in [1.165, 1.54) is 16.5 Å². The quantitative estimate of drug-likeness (QED) is 0.547. The molecule has 1 amide bonds. The summed E-state index contributed by atoms with van der Waals surface area (Å²) in [6.45, 7) is 1.35. The fraction of sp³-hybridized carbons (Fsp3) is 0.385. The van der Waals surface area contributed by atoms with Crippen LogP contribution in [-0.4, -0.2) is 41.5 Å². The number of H-pyrrole nitrogens is 1. The van der Waals surface area contributed by atoms with E-state index in [2.05, 4.69) is 35.3 Å². The van der Waals surface area contributed by atoms with Gasteiger partial charge in [0, 0.05) is 36.6 Å². The normalized spacial score (nSPS) is 14.6. The van der Waals surface area contributed by atoms with Gasteiger partial charge in [0.15, 0.2) is 6.61 Å². The Morgan fingerprint density at radius 2 is 1.74 bits per heavy atom. The summed E-state index contributed by atoms with van der Waals surface area (Å²) in [6, 6.07) is 18.7. The lowest BCUT2D eigenvalue weighted by molar-refractivity contribution is -0.152. The zero-order chi connectivity index (χ0) is 21.5. The van der Waals surface area contributed by atoms with Crippen molar-refractivity contribution in [1.29, 1.82) is 0 Å². The van der Waals surface area contributed by atoms with Crippen molar-refractivity contribution in [2.24, 2.45) is 5.92 Å². The third-order valence-electron chi connectivity index (χ3n) is 6.19. The Hall–Kier alpha value is -3.08. The highest BCUT2D eigenvalue weighted by atomic mass is 16.5. The number of aromatic amines is 1. The van der Waals surface area contributed by atoms with Crippen molar-refractivity contribution >= 4 is 22.8 Å². The number of amides is 1. The molecule has 0 atom stereocenters. The van der Waals surface area contributed by atoms with E-state index in [0.29, 0.717) is 18.8 Å². The Morgan fingerprint density at radius 1 is 1.00 bits per heavy atom. The van der Waals surface area contributed by atoms with Crippen LogP contribution in [0.1, 0.15) is 36.8 Å². The number of rotatable bonds is 8. The first-order valence-electron chi connectivity index (χ1n) is 11.2. The van der Waals surface area contributed by atoms with Gasteiger partial charge in [-0.05, 0) is 55.2 Å². The molecule has 1 saturated heterocycles. The minimum Gasteiger partial charge on any atom is -0.456 e. The van der Waals surface area contributed by atoms with Crippen LogP contribution in [-0.2, 0) is 27.2 Å². The number of hydrogen-bond acceptors (Lipinski definition) is 3. The highest BCUT2D eigenvalue weighted by molar-refractivity contribution is 5.83. The summed E-state index contributed by atoms with van der Waals surface area (Å²) in [4.78, 5) is 29.6. The van der Waals surface area contributed by atoms with Crippen LogP contribution >= 0.6 is 0 Å². The molecule has 2 aromatic carbocycles. The van der Waals surface area contributed by atoms with Crippen molar-refractivity contribution < 1.29 is 14.3 Å². The van der Waals surface area contributed by atoms with Gasteiger partial charge in [0.2, 0.25) is 0 Å². The van der Waals surface area contributed by atoms with E-state index in [1.54, 1.807) is 0 Å². The fourth-order valence-corrected chi connectivity index (χ4v) is 4.40. The van der Waals surface area contributed by atoms with Gasteiger partial charge in [0.25, 0.3) is 5.91 Å². The lowest BCUT2D eigenvalue weighted by Gasteiger charge is -2.32. The molecule has 1 aliphatic rings. The molecule has 31 heavy (non-hydrogen) atoms. The van der Waals surface area contributed by atoms with Gasteiger partial charge in [-0.1, -0.05) is 48.5 Å². The van der Waals surface area contributed by atoms with Crippen LogP contribution in [0.4, 0.5) is 0 Å². The Kier molecular flexibility index (Phi) is 7.03. The number of piperidine rings is 1. The number of carbonyl (C=O) groups excluding carboxylic acids is 2. The lowest BCUT2D eigenvalue weighted by Crippen LogP contribution is -2.41. The Balaban J connectivity index is 1.13. The first-order chi connectivity index (χ1) is 15.2. The van der Waals surface area contributed by atoms with E-state index in [4.69, 9.17) is 4.74 Å². The molecule has 1 fully saturated rings. The molecule has 0 spiro atoms. The monoisotopic (exact) mass is 418 g/mol. The van der Waals surface area contributed by atoms with Crippen LogP contribution in [0.25, 0.3) is 10.9 Å². The summed E-state index contributed by atoms with van der Waals surface area (Å²) in [6.07, 6.45) is 6.90. The Bertz CT molecular complexity index is 1000. The smallest absolute Gasteiger partial charge is 0.306 e. The van der Waals surface area contributed by atoms with Gasteiger partial charge >= 0.3 is 5.97 Å². The van der Waals surface area contributed by atoms with Crippen LogP contribution in [0, 0.1) is 5.92 Å². The molecule has 0 saturated carbocycles. The molecule has 1 aliphatic heterocycles. The number of nitrogens with one attached hydrogen (secondary N) is 1. The maximum absolute atomic E-state index is 12.4. The summed E-state index contributed by atoms with van der Waals surface area (Å²) < 4.78 is 5.25. The van der Waals surface area contributed by atoms with Gasteiger partial charge in [-0.2, -0.15) is 0 Å². The average Bonchev–Trinajstić information content (AvgIpc) is 3.22. The largest absolute Gasteiger partial charge is 0.456 e. The molecule has 5 heteroatoms. The molecule has 2 heterocycles. The van der Waals surface area contributed by atoms with Crippen LogP contribution in [0.3, 0.4) is 0 Å². The predicted octanol–water partition coefficient (Wildman–Crippen LogP) is 4.52. The molecule has 3 aromatic rings. The second-order valence-corrected chi connectivity index (χ2v) is 8.39. The topological polar surface area (TPSA) is 62.4 Å². The zero-order valence-electron chi connectivity index (χ0n) is 17.9. The van der Waals surface area contributed by atoms with Gasteiger partial charge in [-0.3, -0.25) is 9.59 Å². The number of para-hydroxylation sites is 1. The number of carbonyl (C=O) groups is 2. The minimum absolute atomic E-state index is 0.0804. The highest BCUT2D eigenvalue weighted by Crippen LogP contribution is 2.22. The lowest BCUT2D eigenvalue weighted by atomic mass is 9.90. The highest BCUT2D eigenvalue weighted by Gasteiger charge is 2.23. The van der Waals surface area contributed by atoms with Crippen LogP contribution in [0.15, 0.2) is 60.8 Å². The summed E-state index contributed by atoms with van der Waals surface area (Å²) in [7, 11) is 0. The SMILES string of the molecule is O=C(CCCc1c[nH]c2ccccc12)OCC(=O)N1CCC(Cc2ccccc2)CC1. The number of fused-ring (bicyclic) bond motifs is 1. The predicted molar refractivity (Wildman–Crippen MR) is 122 cm³/mol. The third-order valence-corrected chi connectivity index (χ3v) is 6.19. The van der Waals surface area contributed by atoms with E-state index in [9.17, 15) is 9.59 Å². The van der Waals surface area contributed by atoms with Crippen molar-refractivity contribution in [3.8, 4) is 0 Å². The van der Waals surface area contributed by atoms with Crippen molar-refractivity contribution in [3.05, 3.63) is 71.9 Å². The first-order valence-corrected chi connectivity index (χ1v) is 11.2. The van der Waals surface area contributed by atoms with Gasteiger partial charge < -0.3 is 14.6 Å². The van der Waals surface area contributed by atoms with E-state index in [1.807, 2.05) is 35.4 Å². The Morgan fingerprint density at radius 3 is 2.55 bits per heavy atom. The molecule has 1 aromatic heterocycles. The van der Waals surface area contributed by atoms with Crippen molar-refractivity contribution in [2.45, 2.75) is 38.5 Å². The minimum atomic E-state index is -0.299. The molecule has 0 bridgehead atoms. The van der Waals surface area contributed by atoms with Crippen LogP contribution in [0.5, 0.6) is 0 Å². The summed E-state index contributed by atoms with van der Waals surface area (Å²) >= 11 is 0. The molecule has 0 aliphatic carbocycles. The number of likely N-dealkylation sites (tertiary alicyclic amines) is 1. The number of esters is 1. The molecular formula is C26H30N2O3. The van der Waals surface area contributed by atoms with Gasteiger partial charge in [0.05, 0.1) is 0 Å². The molecular weight excluding hydrogens is 388 g/mol. The van der Waals surface area contributed by atoms with E-state index in [-0.39, 0.29) is 18.5 Å². The van der Waals surface area contributed by atoms with E-state index < -0.39 is 0 Å². The van der Waals surface area contributed by atoms with E-state index >= 15 is 0 Å². The molecule has 4 rings (SSSR count). The second-order valence-electron chi connectivity index (χ2n) is 8.39. The second kappa shape index (κ2) is 10.3. The zero-order valence-corrected chi connectivity index (χ0v) is 17.9. The fourth-order valence-electron chi connectivity index (χ4n) is 4.40. The Labute approximate surface area is 183 Å². The number of ether oxygens (including phenoxy) is 1. The van der Waals surface area contributed by atoms with Crippen LogP contribution < -0.4 is 0 Å². The number of aryl methyl sites for hydroxylation is 1. The van der Waals surface area contributed by atoms with Crippen molar-refractivity contribution in [3.63, 3.8) is 0 Å². The third kappa shape index (κ3) is 5.75. The number of hydrogen-bond donors (Lipinski definition) is 1. The maximum Gasteiger partial charge on any atom is 0.306 e. The average molecular weight is 419 g/mol. The van der Waals surface area contributed by atoms with Gasteiger partial charge in [-0.15, -0.1) is 0 Å². The summed E-state index contributed by atoms with van der Waals surface area (Å²) in [5.41, 5.74) is 3.67. The van der Waals surface area contributed by atoms with Gasteiger partial charge in [0.1, 0.15) is 0 Å². The molecule has 0 radical (unpaired) electrons. The molecule has 1 N–H and O–H groups in total. The molecule has 5 nitrogen and oxygen atoms in total. The van der Waals surface area contributed by atoms with E-state index in [0.717, 1.165) is 44.3 Å². The molecule has 0 unspecified atom stereocenters. The summed E-state index contributed by atoms with van der Waals surface area (Å²) in [5, 5.41) is 1.20. The van der Waals surface area contributed by atoms with Gasteiger partial charge in [-0.25, -0.2) is 0 Å². The standard InChI is InChI=1S/C26H30N2O3/c29-25(28-15-13-21(14-16-28)17-20-7-2-1-3-8-20)19-31-26(30)12-6-9-22-18-27-24-11-5-4-10-23(22)24/h1-5,7-8,10-11,18,21,27H,6,9,12-17,19H2. The van der Waals surface area contributed by atoms with Crippen molar-refractivity contribution in [2.75, 3.05) is 19.7 Å². The number of benzene rings is 2. The first kappa shape index (κ1) is 21.2. The number of aromatic nitrogens is 1. The maximum atomic E-state index is 12.4. The number of nitrogens with zero attached hydrogens (tertiary/aromatic N) is 1. The summed E-state index contributed by atoms with van der Waals surface area (Å²) in [5.74, 6) is 0.230. The van der Waals surface area contributed by atoms with Crippen molar-refractivity contribution in [1.82, 2.24) is 9.88 Å². The molecule has 162 valence electrons.